The number of methoxy groups -OCH3 is 2. The van der Waals surface area contributed by atoms with Gasteiger partial charge >= 0.3 is 12.7 Å². The van der Waals surface area contributed by atoms with Crippen LogP contribution in [0.4, 0.5) is 26.3 Å². The van der Waals surface area contributed by atoms with Gasteiger partial charge in [-0.3, -0.25) is 30.0 Å². The molecule has 48 heavy (non-hydrogen) atoms. The van der Waals surface area contributed by atoms with Gasteiger partial charge in [0.05, 0.1) is 37.0 Å². The third-order valence-electron chi connectivity index (χ3n) is 6.48. The summed E-state index contributed by atoms with van der Waals surface area (Å²) in [5.74, 6) is -0.592. The molecule has 252 valence electrons. The van der Waals surface area contributed by atoms with Crippen molar-refractivity contribution in [3.05, 3.63) is 68.5 Å². The van der Waals surface area contributed by atoms with E-state index < -0.39 is 35.3 Å². The van der Waals surface area contributed by atoms with Crippen LogP contribution < -0.4 is 30.1 Å². The van der Waals surface area contributed by atoms with E-state index in [-0.39, 0.29) is 33.8 Å². The maximum Gasteiger partial charge on any atom is 0.573 e. The number of hydrogen-bond donors (Lipinski definition) is 4. The fourth-order valence-corrected chi connectivity index (χ4v) is 4.52. The highest BCUT2D eigenvalue weighted by atomic mass is 19.4. The fraction of sp³-hybridized carbons (Fsp3) is 0.214. The number of alkyl halides is 6. The van der Waals surface area contributed by atoms with Crippen LogP contribution >= 0.6 is 0 Å². The molecular formula is C28H22F6N8O6. The van der Waals surface area contributed by atoms with Crippen molar-refractivity contribution in [3.63, 3.8) is 0 Å². The van der Waals surface area contributed by atoms with Crippen LogP contribution in [0.3, 0.4) is 0 Å². The normalized spacial score (nSPS) is 11.7. The first-order valence-corrected chi connectivity index (χ1v) is 13.3. The van der Waals surface area contributed by atoms with E-state index in [1.807, 2.05) is 0 Å². The summed E-state index contributed by atoms with van der Waals surface area (Å²) in [7, 11) is 2.62. The van der Waals surface area contributed by atoms with E-state index in [1.165, 1.54) is 26.4 Å². The van der Waals surface area contributed by atoms with Crippen LogP contribution in [0.2, 0.25) is 0 Å². The van der Waals surface area contributed by atoms with Gasteiger partial charge in [-0.15, -0.1) is 26.3 Å². The molecule has 0 saturated heterocycles. The van der Waals surface area contributed by atoms with Gasteiger partial charge in [0.1, 0.15) is 23.0 Å². The zero-order chi connectivity index (χ0) is 35.0. The monoisotopic (exact) mass is 680 g/mol. The van der Waals surface area contributed by atoms with Gasteiger partial charge in [-0.05, 0) is 38.1 Å². The Bertz CT molecular complexity index is 2240. The Balaban J connectivity index is 0.000000188. The van der Waals surface area contributed by atoms with Gasteiger partial charge in [-0.1, -0.05) is 0 Å². The molecule has 0 radical (unpaired) electrons. The molecule has 4 heterocycles. The van der Waals surface area contributed by atoms with Crippen LogP contribution in [0.15, 0.2) is 46.0 Å². The number of ether oxygens (including phenoxy) is 4. The molecule has 20 heteroatoms. The van der Waals surface area contributed by atoms with Crippen molar-refractivity contribution in [2.45, 2.75) is 26.6 Å². The number of aromatic nitrogens is 8. The molecule has 0 aliphatic heterocycles. The molecule has 0 fully saturated rings. The van der Waals surface area contributed by atoms with Crippen LogP contribution in [-0.2, 0) is 0 Å². The van der Waals surface area contributed by atoms with Crippen LogP contribution in [-0.4, -0.2) is 67.3 Å². The minimum absolute atomic E-state index is 0.0910. The second-order valence-corrected chi connectivity index (χ2v) is 9.69. The maximum atomic E-state index is 12.3. The van der Waals surface area contributed by atoms with Gasteiger partial charge in [-0.25, -0.2) is 19.9 Å². The van der Waals surface area contributed by atoms with E-state index in [2.05, 4.69) is 49.8 Å². The highest BCUT2D eigenvalue weighted by Crippen LogP contribution is 2.37. The average molecular weight is 681 g/mol. The first kappa shape index (κ1) is 33.3. The second kappa shape index (κ2) is 12.6. The third-order valence-corrected chi connectivity index (χ3v) is 6.48. The Morgan fingerprint density at radius 3 is 1.46 bits per heavy atom. The van der Waals surface area contributed by atoms with Crippen molar-refractivity contribution in [1.82, 2.24) is 40.3 Å². The Kier molecular flexibility index (Phi) is 8.74. The highest BCUT2D eigenvalue weighted by Gasteiger charge is 2.32. The summed E-state index contributed by atoms with van der Waals surface area (Å²) in [6, 6.07) is 7.23. The molecule has 6 aromatic rings. The summed E-state index contributed by atoms with van der Waals surface area (Å²) < 4.78 is 91.9. The van der Waals surface area contributed by atoms with Crippen molar-refractivity contribution in [2.24, 2.45) is 0 Å². The van der Waals surface area contributed by atoms with Gasteiger partial charge in [0.25, 0.3) is 11.1 Å². The molecule has 6 rings (SSSR count). The summed E-state index contributed by atoms with van der Waals surface area (Å²) in [4.78, 5) is 40.1. The predicted molar refractivity (Wildman–Crippen MR) is 156 cm³/mol. The Hall–Kier alpha value is -6.08. The molecule has 0 unspecified atom stereocenters. The zero-order valence-corrected chi connectivity index (χ0v) is 25.0. The smallest absolute Gasteiger partial charge is 0.496 e. The first-order valence-electron chi connectivity index (χ1n) is 13.3. The van der Waals surface area contributed by atoms with Crippen molar-refractivity contribution < 1.29 is 45.3 Å². The molecule has 4 aromatic heterocycles. The van der Waals surface area contributed by atoms with Gasteiger partial charge in [0, 0.05) is 23.3 Å². The van der Waals surface area contributed by atoms with E-state index in [1.54, 1.807) is 13.8 Å². The van der Waals surface area contributed by atoms with Gasteiger partial charge in [0.15, 0.2) is 22.3 Å². The van der Waals surface area contributed by atoms with E-state index >= 15 is 0 Å². The van der Waals surface area contributed by atoms with Gasteiger partial charge < -0.3 is 18.9 Å². The molecule has 0 saturated carbocycles. The number of aromatic amines is 4. The summed E-state index contributed by atoms with van der Waals surface area (Å²) in [5, 5.41) is 9.89. The van der Waals surface area contributed by atoms with Crippen molar-refractivity contribution in [3.8, 4) is 45.5 Å². The van der Waals surface area contributed by atoms with E-state index in [0.717, 1.165) is 24.3 Å². The van der Waals surface area contributed by atoms with E-state index in [4.69, 9.17) is 9.47 Å². The second-order valence-electron chi connectivity index (χ2n) is 9.69. The fourth-order valence-electron chi connectivity index (χ4n) is 4.52. The SMILES string of the molecule is COc1cc(OC(F)(F)F)ccc1-c1nc2[nH][nH]c(=O)c2nc1C.COc1cc(OC(F)(F)F)ccc1-c1nc2c(=O)[nH][nH]c2nc1C. The number of benzene rings is 2. The highest BCUT2D eigenvalue weighted by molar-refractivity contribution is 5.78. The van der Waals surface area contributed by atoms with Crippen LogP contribution in [0.5, 0.6) is 23.0 Å². The molecule has 0 atom stereocenters. The largest absolute Gasteiger partial charge is 0.573 e. The number of nitrogens with zero attached hydrogens (tertiary/aromatic N) is 4. The van der Waals surface area contributed by atoms with Crippen molar-refractivity contribution in [1.29, 1.82) is 0 Å². The lowest BCUT2D eigenvalue weighted by Crippen LogP contribution is -2.17. The molecule has 14 nitrogen and oxygen atoms in total. The summed E-state index contributed by atoms with van der Waals surface area (Å²) >= 11 is 0. The molecule has 0 aliphatic carbocycles. The molecule has 0 spiro atoms. The Labute approximate surface area is 263 Å². The lowest BCUT2D eigenvalue weighted by Gasteiger charge is -2.13. The predicted octanol–water partition coefficient (Wildman–Crippen LogP) is 5.06. The number of halogens is 6. The minimum Gasteiger partial charge on any atom is -0.496 e. The number of hydrogen-bond acceptors (Lipinski definition) is 10. The standard InChI is InChI=1S/2C14H11F3N4O3/c1-6-10(19-11-12(18-6)20-21-13(11)22)8-4-3-7(5-9(8)23-2)24-14(15,16)17;1-6-10(19-12-11(18-6)13(22)21-20-12)8-4-3-7(5-9(8)23-2)24-14(15,16)17/h3-5H,1-2H3,(H2,18,20,21,22);3-5H,1-2H3,(H2,19,20,21,22). The van der Waals surface area contributed by atoms with Crippen LogP contribution in [0.25, 0.3) is 44.8 Å². The Morgan fingerprint density at radius 2 is 1.00 bits per heavy atom. The molecule has 0 amide bonds. The Morgan fingerprint density at radius 1 is 0.583 bits per heavy atom. The maximum absolute atomic E-state index is 12.3. The van der Waals surface area contributed by atoms with E-state index in [0.29, 0.717) is 33.9 Å². The quantitative estimate of drug-likeness (QED) is 0.173. The number of aryl methyl sites for hydroxylation is 2. The minimum atomic E-state index is -4.81. The molecular weight excluding hydrogens is 658 g/mol. The molecule has 0 aliphatic rings. The molecule has 0 bridgehead atoms. The number of H-pyrrole nitrogens is 4. The lowest BCUT2D eigenvalue weighted by atomic mass is 10.1. The zero-order valence-electron chi connectivity index (χ0n) is 25.0. The molecule has 4 N–H and O–H groups in total. The average Bonchev–Trinajstić information content (AvgIpc) is 3.55. The number of nitrogens with one attached hydrogen (secondary N) is 4. The van der Waals surface area contributed by atoms with Crippen molar-refractivity contribution in [2.75, 3.05) is 14.2 Å². The molecule has 2 aromatic carbocycles. The van der Waals surface area contributed by atoms with E-state index in [9.17, 15) is 35.9 Å². The van der Waals surface area contributed by atoms with Crippen molar-refractivity contribution >= 4 is 22.3 Å². The first-order chi connectivity index (χ1) is 22.6. The number of rotatable bonds is 6. The summed E-state index contributed by atoms with van der Waals surface area (Å²) in [6.45, 7) is 3.29. The van der Waals surface area contributed by atoms with Gasteiger partial charge in [-0.2, -0.15) is 0 Å². The third kappa shape index (κ3) is 7.16. The summed E-state index contributed by atoms with van der Waals surface area (Å²) in [5.41, 5.74) is 2.30. The van der Waals surface area contributed by atoms with Crippen LogP contribution in [0.1, 0.15) is 11.4 Å². The van der Waals surface area contributed by atoms with Crippen LogP contribution in [0, 0.1) is 13.8 Å². The van der Waals surface area contributed by atoms with Gasteiger partial charge in [0.2, 0.25) is 0 Å². The summed E-state index contributed by atoms with van der Waals surface area (Å²) in [6.07, 6.45) is -9.61. The lowest BCUT2D eigenvalue weighted by molar-refractivity contribution is -0.275. The topological polar surface area (TPSA) is 186 Å². The number of fused-ring (bicyclic) bond motifs is 2.